The molecule has 22 heavy (non-hydrogen) atoms. The monoisotopic (exact) mass is 302 g/mol. The lowest BCUT2D eigenvalue weighted by Crippen LogP contribution is -2.50. The van der Waals surface area contributed by atoms with Crippen molar-refractivity contribution in [2.75, 3.05) is 24.5 Å². The van der Waals surface area contributed by atoms with Crippen LogP contribution in [0.5, 0.6) is 6.01 Å². The third kappa shape index (κ3) is 3.51. The topological polar surface area (TPSA) is 50.3 Å². The zero-order valence-electron chi connectivity index (χ0n) is 12.5. The van der Waals surface area contributed by atoms with Crippen LogP contribution in [0.3, 0.4) is 0 Å². The predicted octanol–water partition coefficient (Wildman–Crippen LogP) is 1.99. The van der Waals surface area contributed by atoms with Crippen molar-refractivity contribution in [2.45, 2.75) is 19.6 Å². The summed E-state index contributed by atoms with van der Waals surface area (Å²) in [4.78, 5) is 10.8. The van der Waals surface area contributed by atoms with Gasteiger partial charge < -0.3 is 15.0 Å². The second kappa shape index (κ2) is 6.70. The van der Waals surface area contributed by atoms with Gasteiger partial charge in [0.2, 0.25) is 0 Å². The fraction of sp³-hybridized carbons (Fsp3) is 0.375. The van der Waals surface area contributed by atoms with Gasteiger partial charge in [0.1, 0.15) is 18.2 Å². The van der Waals surface area contributed by atoms with Gasteiger partial charge in [-0.3, -0.25) is 0 Å². The molecule has 2 aromatic rings. The molecule has 116 valence electrons. The van der Waals surface area contributed by atoms with E-state index in [1.807, 2.05) is 12.1 Å². The molecule has 1 aromatic carbocycles. The first kappa shape index (κ1) is 14.7. The highest BCUT2D eigenvalue weighted by molar-refractivity contribution is 5.40. The first-order valence-corrected chi connectivity index (χ1v) is 7.40. The van der Waals surface area contributed by atoms with Crippen LogP contribution in [-0.2, 0) is 6.61 Å². The second-order valence-corrected chi connectivity index (χ2v) is 5.36. The second-order valence-electron chi connectivity index (χ2n) is 5.36. The average Bonchev–Trinajstić information content (AvgIpc) is 2.54. The molecule has 0 radical (unpaired) electrons. The molecule has 1 aliphatic rings. The largest absolute Gasteiger partial charge is 0.459 e. The molecule has 1 aromatic heterocycles. The third-order valence-corrected chi connectivity index (χ3v) is 3.67. The van der Waals surface area contributed by atoms with E-state index in [9.17, 15) is 4.39 Å². The van der Waals surface area contributed by atoms with Crippen LogP contribution in [0.25, 0.3) is 0 Å². The molecule has 5 nitrogen and oxygen atoms in total. The lowest BCUT2D eigenvalue weighted by molar-refractivity contribution is 0.280. The number of hydrogen-bond donors (Lipinski definition) is 1. The van der Waals surface area contributed by atoms with Crippen LogP contribution in [0.2, 0.25) is 0 Å². The van der Waals surface area contributed by atoms with E-state index in [0.717, 1.165) is 31.0 Å². The van der Waals surface area contributed by atoms with Crippen LogP contribution in [-0.4, -0.2) is 35.6 Å². The van der Waals surface area contributed by atoms with Crippen molar-refractivity contribution in [2.24, 2.45) is 0 Å². The Bertz CT molecular complexity index is 637. The lowest BCUT2D eigenvalue weighted by atomic mass is 10.2. The summed E-state index contributed by atoms with van der Waals surface area (Å²) in [6.45, 7) is 5.18. The number of hydrogen-bond acceptors (Lipinski definition) is 5. The minimum absolute atomic E-state index is 0.248. The van der Waals surface area contributed by atoms with Crippen molar-refractivity contribution >= 4 is 5.82 Å². The minimum atomic E-state index is -0.273. The van der Waals surface area contributed by atoms with E-state index in [1.54, 1.807) is 12.3 Å². The fourth-order valence-corrected chi connectivity index (χ4v) is 2.52. The highest BCUT2D eigenvalue weighted by atomic mass is 19.1. The van der Waals surface area contributed by atoms with Gasteiger partial charge in [-0.25, -0.2) is 9.37 Å². The SMILES string of the molecule is C[C@H]1CNCCN1c1ccnc(OCc2cccc(F)c2)n1. The van der Waals surface area contributed by atoms with Gasteiger partial charge in [0.25, 0.3) is 0 Å². The van der Waals surface area contributed by atoms with Crippen molar-refractivity contribution in [3.05, 3.63) is 47.9 Å². The highest BCUT2D eigenvalue weighted by Gasteiger charge is 2.19. The zero-order valence-corrected chi connectivity index (χ0v) is 12.5. The van der Waals surface area contributed by atoms with Crippen LogP contribution in [0.4, 0.5) is 10.2 Å². The van der Waals surface area contributed by atoms with Crippen molar-refractivity contribution in [3.8, 4) is 6.01 Å². The van der Waals surface area contributed by atoms with Crippen LogP contribution >= 0.6 is 0 Å². The molecule has 0 amide bonds. The fourth-order valence-electron chi connectivity index (χ4n) is 2.52. The summed E-state index contributed by atoms with van der Waals surface area (Å²) in [5.74, 6) is 0.587. The van der Waals surface area contributed by atoms with E-state index < -0.39 is 0 Å². The van der Waals surface area contributed by atoms with Crippen molar-refractivity contribution in [3.63, 3.8) is 0 Å². The molecule has 1 aliphatic heterocycles. The normalized spacial score (nSPS) is 18.3. The Hall–Kier alpha value is -2.21. The molecule has 1 fully saturated rings. The van der Waals surface area contributed by atoms with Gasteiger partial charge >= 0.3 is 6.01 Å². The summed E-state index contributed by atoms with van der Waals surface area (Å²) in [7, 11) is 0. The van der Waals surface area contributed by atoms with E-state index in [-0.39, 0.29) is 12.4 Å². The molecule has 2 heterocycles. The maximum absolute atomic E-state index is 13.1. The Morgan fingerprint density at radius 2 is 2.32 bits per heavy atom. The molecule has 0 spiro atoms. The Labute approximate surface area is 129 Å². The van der Waals surface area contributed by atoms with Gasteiger partial charge in [-0.1, -0.05) is 12.1 Å². The number of nitrogens with zero attached hydrogens (tertiary/aromatic N) is 3. The first-order valence-electron chi connectivity index (χ1n) is 7.40. The van der Waals surface area contributed by atoms with Gasteiger partial charge in [0.05, 0.1) is 0 Å². The van der Waals surface area contributed by atoms with Gasteiger partial charge in [-0.15, -0.1) is 0 Å². The molecule has 0 aliphatic carbocycles. The van der Waals surface area contributed by atoms with Gasteiger partial charge in [-0.2, -0.15) is 4.98 Å². The van der Waals surface area contributed by atoms with Crippen LogP contribution in [0.1, 0.15) is 12.5 Å². The Balaban J connectivity index is 1.68. The van der Waals surface area contributed by atoms with Crippen LogP contribution in [0, 0.1) is 5.82 Å². The molecule has 0 unspecified atom stereocenters. The molecule has 0 bridgehead atoms. The quantitative estimate of drug-likeness (QED) is 0.936. The predicted molar refractivity (Wildman–Crippen MR) is 82.4 cm³/mol. The van der Waals surface area contributed by atoms with E-state index in [1.165, 1.54) is 12.1 Å². The first-order chi connectivity index (χ1) is 10.7. The Morgan fingerprint density at radius 1 is 1.41 bits per heavy atom. The van der Waals surface area contributed by atoms with Crippen molar-refractivity contribution in [1.82, 2.24) is 15.3 Å². The maximum Gasteiger partial charge on any atom is 0.318 e. The molecule has 0 saturated carbocycles. The number of ether oxygens (including phenoxy) is 1. The highest BCUT2D eigenvalue weighted by Crippen LogP contribution is 2.18. The third-order valence-electron chi connectivity index (χ3n) is 3.67. The van der Waals surface area contributed by atoms with Gasteiger partial charge in [0.15, 0.2) is 0 Å². The summed E-state index contributed by atoms with van der Waals surface area (Å²) in [5, 5.41) is 3.35. The average molecular weight is 302 g/mol. The molecule has 1 saturated heterocycles. The van der Waals surface area contributed by atoms with E-state index >= 15 is 0 Å². The van der Waals surface area contributed by atoms with Gasteiger partial charge in [0, 0.05) is 31.9 Å². The van der Waals surface area contributed by atoms with Crippen molar-refractivity contribution < 1.29 is 9.13 Å². The summed E-state index contributed by atoms with van der Waals surface area (Å²) in [6, 6.07) is 8.90. The maximum atomic E-state index is 13.1. The molecule has 6 heteroatoms. The number of anilines is 1. The van der Waals surface area contributed by atoms with Crippen LogP contribution in [0.15, 0.2) is 36.5 Å². The van der Waals surface area contributed by atoms with Crippen LogP contribution < -0.4 is 15.0 Å². The number of halogens is 1. The van der Waals surface area contributed by atoms with E-state index in [4.69, 9.17) is 4.74 Å². The summed E-state index contributed by atoms with van der Waals surface area (Å²) in [6.07, 6.45) is 1.69. The Kier molecular flexibility index (Phi) is 4.48. The molecule has 1 N–H and O–H groups in total. The molecule has 1 atom stereocenters. The van der Waals surface area contributed by atoms with E-state index in [2.05, 4.69) is 27.1 Å². The smallest absolute Gasteiger partial charge is 0.318 e. The molecule has 3 rings (SSSR count). The summed E-state index contributed by atoms with van der Waals surface area (Å²) in [5.41, 5.74) is 0.754. The minimum Gasteiger partial charge on any atom is -0.459 e. The summed E-state index contributed by atoms with van der Waals surface area (Å²) < 4.78 is 18.7. The lowest BCUT2D eigenvalue weighted by Gasteiger charge is -2.34. The van der Waals surface area contributed by atoms with Crippen molar-refractivity contribution in [1.29, 1.82) is 0 Å². The Morgan fingerprint density at radius 3 is 3.14 bits per heavy atom. The van der Waals surface area contributed by atoms with E-state index in [0.29, 0.717) is 12.1 Å². The van der Waals surface area contributed by atoms with Gasteiger partial charge in [-0.05, 0) is 30.7 Å². The molecular formula is C16H19FN4O. The summed E-state index contributed by atoms with van der Waals surface area (Å²) >= 11 is 0. The number of aromatic nitrogens is 2. The zero-order chi connectivity index (χ0) is 15.4. The number of rotatable bonds is 4. The number of nitrogens with one attached hydrogen (secondary N) is 1. The number of benzene rings is 1. The number of piperazine rings is 1. The molecular weight excluding hydrogens is 283 g/mol. The standard InChI is InChI=1S/C16H19FN4O/c1-12-10-18-7-8-21(12)15-5-6-19-16(20-15)22-11-13-3-2-4-14(17)9-13/h2-6,9,12,18H,7-8,10-11H2,1H3/t12-/m0/s1.